The molecule has 52 heavy (non-hydrogen) atoms. The van der Waals surface area contributed by atoms with Gasteiger partial charge in [-0.2, -0.15) is 0 Å². The lowest BCUT2D eigenvalue weighted by atomic mass is 9.44. The Morgan fingerprint density at radius 1 is 1.08 bits per heavy atom. The van der Waals surface area contributed by atoms with E-state index in [4.69, 9.17) is 14.2 Å². The number of carbonyl (C=O) groups is 4. The number of allylic oxidation sites excluding steroid dienone is 4. The molecule has 2 N–H and O–H groups in total. The molecule has 5 unspecified atom stereocenters. The molecule has 7 rings (SSSR count). The first-order chi connectivity index (χ1) is 24.7. The zero-order chi connectivity index (χ0) is 37.2. The van der Waals surface area contributed by atoms with Crippen LogP contribution in [0.2, 0.25) is 0 Å². The van der Waals surface area contributed by atoms with Gasteiger partial charge in [-0.05, 0) is 74.9 Å². The predicted molar refractivity (Wildman–Crippen MR) is 190 cm³/mol. The van der Waals surface area contributed by atoms with Gasteiger partial charge in [-0.3, -0.25) is 19.2 Å². The number of nitrogens with one attached hydrogen (secondary N) is 1. The van der Waals surface area contributed by atoms with Crippen LogP contribution in [-0.2, 0) is 28.6 Å². The van der Waals surface area contributed by atoms with Crippen LogP contribution in [0.1, 0.15) is 68.7 Å². The highest BCUT2D eigenvalue weighted by Gasteiger charge is 2.79. The maximum Gasteiger partial charge on any atom is 0.310 e. The van der Waals surface area contributed by atoms with Gasteiger partial charge in [0, 0.05) is 54.2 Å². The lowest BCUT2D eigenvalue weighted by molar-refractivity contribution is -0.231. The molecule has 3 saturated carbocycles. The summed E-state index contributed by atoms with van der Waals surface area (Å²) in [4.78, 5) is 54.7. The number of nitrogens with zero attached hydrogens (tertiary/aromatic N) is 1. The maximum absolute atomic E-state index is 17.9. The fraction of sp³-hybridized carbons (Fsp3) is 0.512. The first-order valence-corrected chi connectivity index (χ1v) is 18.1. The molecule has 1 amide bonds. The highest BCUT2D eigenvalue weighted by molar-refractivity contribution is 6.01. The van der Waals surface area contributed by atoms with Crippen molar-refractivity contribution in [2.45, 2.75) is 76.2 Å². The second kappa shape index (κ2) is 13.0. The van der Waals surface area contributed by atoms with E-state index in [0.717, 1.165) is 5.69 Å². The molecule has 276 valence electrons. The summed E-state index contributed by atoms with van der Waals surface area (Å²) in [5.41, 5.74) is -3.27. The molecule has 0 spiro atoms. The Balaban J connectivity index is 1.16. The van der Waals surface area contributed by atoms with Crippen molar-refractivity contribution in [1.29, 1.82) is 0 Å². The Labute approximate surface area is 303 Å². The van der Waals surface area contributed by atoms with E-state index >= 15 is 4.39 Å². The molecule has 11 heteroatoms. The normalized spacial score (nSPS) is 36.4. The first kappa shape index (κ1) is 36.2. The van der Waals surface area contributed by atoms with E-state index in [2.05, 4.69) is 5.32 Å². The number of aliphatic hydroxyl groups is 1. The average molecular weight is 715 g/mol. The van der Waals surface area contributed by atoms with Crippen molar-refractivity contribution in [2.75, 3.05) is 32.1 Å². The first-order valence-electron chi connectivity index (χ1n) is 18.1. The third-order valence-corrected chi connectivity index (χ3v) is 12.8. The van der Waals surface area contributed by atoms with E-state index < -0.39 is 76.7 Å². The molecule has 0 bridgehead atoms. The molecule has 4 aliphatic carbocycles. The number of Topliss-reactive ketones (excluding diaryl/α,β-unsaturated/α-hetero) is 1. The Morgan fingerprint density at radius 3 is 2.48 bits per heavy atom. The van der Waals surface area contributed by atoms with Crippen LogP contribution in [0.3, 0.4) is 0 Å². The van der Waals surface area contributed by atoms with Crippen LogP contribution < -0.4 is 10.2 Å². The molecule has 4 fully saturated rings. The molecule has 0 aromatic heterocycles. The maximum atomic E-state index is 17.9. The van der Waals surface area contributed by atoms with Crippen LogP contribution in [0.5, 0.6) is 0 Å². The van der Waals surface area contributed by atoms with Crippen molar-refractivity contribution in [3.8, 4) is 0 Å². The van der Waals surface area contributed by atoms with Gasteiger partial charge in [0.25, 0.3) is 5.91 Å². The summed E-state index contributed by atoms with van der Waals surface area (Å²) >= 11 is 0. The highest BCUT2D eigenvalue weighted by Crippen LogP contribution is 2.72. The van der Waals surface area contributed by atoms with Gasteiger partial charge in [0.2, 0.25) is 5.78 Å². The lowest BCUT2D eigenvalue weighted by Crippen LogP contribution is -2.69. The Morgan fingerprint density at radius 2 is 1.79 bits per heavy atom. The number of hydrogen-bond donors (Lipinski definition) is 2. The van der Waals surface area contributed by atoms with Crippen LogP contribution in [0.15, 0.2) is 78.4 Å². The minimum Gasteiger partial charge on any atom is -0.457 e. The number of anilines is 1. The highest BCUT2D eigenvalue weighted by atomic mass is 19.1. The number of ether oxygens (including phenoxy) is 3. The van der Waals surface area contributed by atoms with Crippen molar-refractivity contribution in [3.63, 3.8) is 0 Å². The van der Waals surface area contributed by atoms with E-state index in [-0.39, 0.29) is 24.7 Å². The van der Waals surface area contributed by atoms with Crippen molar-refractivity contribution < 1.29 is 42.9 Å². The molecule has 1 saturated heterocycles. The van der Waals surface area contributed by atoms with Gasteiger partial charge >= 0.3 is 5.97 Å². The van der Waals surface area contributed by atoms with Gasteiger partial charge in [0.05, 0.1) is 18.1 Å². The molecule has 10 atom stereocenters. The van der Waals surface area contributed by atoms with E-state index in [1.165, 1.54) is 12.2 Å². The standard InChI is InChI=1S/C41H47FN2O8/c1-24(22-43-35(48)25-9-7-6-8-10-25)36(49)50-23-33(47)41-34(51-37(52-41)26-11-14-28(15-12-26)44(4)5)20-31-30-16-13-27-19-29(45)17-18-38(27,2)40(30,42)32(46)21-39(31,41)3/h6-12,14-15,17-19,24,30-32,34,37,46H,13,16,20-23H2,1-5H3,(H,43,48)/t24?,30-,31-,32?,34?,37?,38-,39-,40?,41+/m0/s1. The second-order valence-corrected chi connectivity index (χ2v) is 15.8. The van der Waals surface area contributed by atoms with E-state index in [1.807, 2.05) is 50.2 Å². The molecule has 10 nitrogen and oxygen atoms in total. The number of benzene rings is 2. The number of amides is 1. The molecular formula is C41H47FN2O8. The van der Waals surface area contributed by atoms with Gasteiger partial charge in [-0.25, -0.2) is 4.39 Å². The number of ketones is 2. The third kappa shape index (κ3) is 5.38. The van der Waals surface area contributed by atoms with Crippen LogP contribution in [0, 0.1) is 28.6 Å². The summed E-state index contributed by atoms with van der Waals surface area (Å²) < 4.78 is 36.9. The van der Waals surface area contributed by atoms with E-state index in [9.17, 15) is 24.3 Å². The van der Waals surface area contributed by atoms with Crippen molar-refractivity contribution in [1.82, 2.24) is 5.32 Å². The largest absolute Gasteiger partial charge is 0.457 e. The number of hydrogen-bond acceptors (Lipinski definition) is 9. The van der Waals surface area contributed by atoms with Crippen LogP contribution in [0.25, 0.3) is 0 Å². The average Bonchev–Trinajstić information content (AvgIpc) is 3.63. The molecule has 1 heterocycles. The summed E-state index contributed by atoms with van der Waals surface area (Å²) in [5.74, 6) is -3.58. The van der Waals surface area contributed by atoms with Gasteiger partial charge in [0.1, 0.15) is 0 Å². The number of rotatable bonds is 9. The predicted octanol–water partition coefficient (Wildman–Crippen LogP) is 5.06. The Hall–Kier alpha value is -4.19. The third-order valence-electron chi connectivity index (χ3n) is 12.8. The quantitative estimate of drug-likeness (QED) is 0.342. The van der Waals surface area contributed by atoms with Crippen molar-refractivity contribution in [2.24, 2.45) is 28.6 Å². The minimum atomic E-state index is -2.10. The zero-order valence-corrected chi connectivity index (χ0v) is 30.3. The molecule has 2 aromatic carbocycles. The summed E-state index contributed by atoms with van der Waals surface area (Å²) in [5, 5.41) is 14.7. The molecule has 2 aromatic rings. The SMILES string of the molecule is CC(CNC(=O)c1ccccc1)C(=O)OCC(=O)[C@@]12OC(c3ccc(N(C)C)cc3)OC1C[C@H]1[C@@H]3CCC4=CC(=O)C=C[C@]4(C)C3(F)C(O)C[C@@]12C. The molecule has 1 aliphatic heterocycles. The lowest BCUT2D eigenvalue weighted by Gasteiger charge is -2.62. The van der Waals surface area contributed by atoms with Crippen LogP contribution in [-0.4, -0.2) is 79.3 Å². The number of carbonyl (C=O) groups excluding carboxylic acids is 4. The van der Waals surface area contributed by atoms with Crippen LogP contribution in [0.4, 0.5) is 10.1 Å². The van der Waals surface area contributed by atoms with Crippen molar-refractivity contribution >= 4 is 29.1 Å². The Kier molecular flexibility index (Phi) is 9.07. The molecule has 5 aliphatic rings. The molecular weight excluding hydrogens is 667 g/mol. The fourth-order valence-corrected chi connectivity index (χ4v) is 9.94. The summed E-state index contributed by atoms with van der Waals surface area (Å²) in [7, 11) is 3.86. The van der Waals surface area contributed by atoms with E-state index in [0.29, 0.717) is 36.0 Å². The number of esters is 1. The summed E-state index contributed by atoms with van der Waals surface area (Å²) in [6.07, 6.45) is 2.29. The summed E-state index contributed by atoms with van der Waals surface area (Å²) in [6, 6.07) is 16.2. The number of fused-ring (bicyclic) bond motifs is 7. The topological polar surface area (TPSA) is 131 Å². The monoisotopic (exact) mass is 714 g/mol. The van der Waals surface area contributed by atoms with E-state index in [1.54, 1.807) is 50.3 Å². The fourth-order valence-electron chi connectivity index (χ4n) is 9.94. The number of alkyl halides is 1. The summed E-state index contributed by atoms with van der Waals surface area (Å²) in [6.45, 7) is 4.60. The number of aliphatic hydroxyl groups excluding tert-OH is 1. The minimum absolute atomic E-state index is 0.000633. The van der Waals surface area contributed by atoms with Gasteiger partial charge in [-0.15, -0.1) is 0 Å². The number of halogens is 1. The van der Waals surface area contributed by atoms with Crippen molar-refractivity contribution in [3.05, 3.63) is 89.5 Å². The van der Waals surface area contributed by atoms with Gasteiger partial charge < -0.3 is 29.5 Å². The van der Waals surface area contributed by atoms with Gasteiger partial charge in [-0.1, -0.05) is 55.8 Å². The zero-order valence-electron chi connectivity index (χ0n) is 30.3. The van der Waals surface area contributed by atoms with Gasteiger partial charge in [0.15, 0.2) is 29.9 Å². The van der Waals surface area contributed by atoms with Crippen LogP contribution >= 0.6 is 0 Å². The second-order valence-electron chi connectivity index (χ2n) is 15.8. The Bertz CT molecular complexity index is 1830. The smallest absolute Gasteiger partial charge is 0.310 e. The molecule has 0 radical (unpaired) electrons.